The van der Waals surface area contributed by atoms with Gasteiger partial charge in [0.25, 0.3) is 5.91 Å². The van der Waals surface area contributed by atoms with Gasteiger partial charge >= 0.3 is 0 Å². The second-order valence-electron chi connectivity index (χ2n) is 6.95. The van der Waals surface area contributed by atoms with Crippen molar-refractivity contribution >= 4 is 17.9 Å². The van der Waals surface area contributed by atoms with Gasteiger partial charge < -0.3 is 19.9 Å². The zero-order chi connectivity index (χ0) is 18.0. The van der Waals surface area contributed by atoms with Crippen LogP contribution in [0.5, 0.6) is 0 Å². The number of anilines is 1. The third-order valence-corrected chi connectivity index (χ3v) is 5.57. The van der Waals surface area contributed by atoms with Crippen LogP contribution in [0.1, 0.15) is 24.4 Å². The van der Waals surface area contributed by atoms with Crippen LogP contribution < -0.4 is 10.2 Å². The summed E-state index contributed by atoms with van der Waals surface area (Å²) < 4.78 is 0. The molecule has 0 aliphatic carbocycles. The van der Waals surface area contributed by atoms with Gasteiger partial charge in [0.1, 0.15) is 17.9 Å². The van der Waals surface area contributed by atoms with Crippen LogP contribution in [0.25, 0.3) is 0 Å². The van der Waals surface area contributed by atoms with E-state index in [1.807, 2.05) is 60.7 Å². The summed E-state index contributed by atoms with van der Waals surface area (Å²) in [4.78, 5) is 29.4. The van der Waals surface area contributed by atoms with E-state index in [9.17, 15) is 9.59 Å². The van der Waals surface area contributed by atoms with E-state index >= 15 is 0 Å². The molecular formula is C21H23N3O2. The Kier molecular flexibility index (Phi) is 4.47. The maximum atomic E-state index is 13.5. The predicted octanol–water partition coefficient (Wildman–Crippen LogP) is 2.36. The van der Waals surface area contributed by atoms with Crippen LogP contribution in [0.4, 0.5) is 5.69 Å². The maximum absolute atomic E-state index is 13.5. The van der Waals surface area contributed by atoms with Crippen LogP contribution in [-0.4, -0.2) is 42.4 Å². The van der Waals surface area contributed by atoms with E-state index in [-0.39, 0.29) is 5.91 Å². The summed E-state index contributed by atoms with van der Waals surface area (Å²) in [5.74, 6) is 0.0591. The molecule has 0 bridgehead atoms. The molecule has 1 unspecified atom stereocenters. The highest BCUT2D eigenvalue weighted by Crippen LogP contribution is 2.40. The number of benzene rings is 2. The van der Waals surface area contributed by atoms with Crippen LogP contribution in [0.2, 0.25) is 0 Å². The van der Waals surface area contributed by atoms with E-state index < -0.39 is 11.6 Å². The Hall–Kier alpha value is -2.66. The molecule has 5 nitrogen and oxygen atoms in total. The van der Waals surface area contributed by atoms with Gasteiger partial charge in [-0.1, -0.05) is 48.5 Å². The number of piperidine rings is 1. The average molecular weight is 349 g/mol. The lowest BCUT2D eigenvalue weighted by atomic mass is 9.86. The van der Waals surface area contributed by atoms with E-state index in [1.165, 1.54) is 0 Å². The molecule has 1 atom stereocenters. The predicted molar refractivity (Wildman–Crippen MR) is 101 cm³/mol. The Morgan fingerprint density at radius 1 is 0.962 bits per heavy atom. The van der Waals surface area contributed by atoms with Crippen molar-refractivity contribution in [2.45, 2.75) is 24.4 Å². The molecule has 2 saturated heterocycles. The van der Waals surface area contributed by atoms with E-state index in [1.54, 1.807) is 4.90 Å². The van der Waals surface area contributed by atoms with Gasteiger partial charge in [0.15, 0.2) is 0 Å². The third-order valence-electron chi connectivity index (χ3n) is 5.57. The van der Waals surface area contributed by atoms with Gasteiger partial charge in [-0.2, -0.15) is 0 Å². The van der Waals surface area contributed by atoms with Crippen molar-refractivity contribution in [1.29, 1.82) is 0 Å². The largest absolute Gasteiger partial charge is 0.339 e. The SMILES string of the molecule is O=CC(c1ccccc1)N1CN(c2ccccc2)C2(CCNCC2)C1=O. The van der Waals surface area contributed by atoms with Gasteiger partial charge in [-0.15, -0.1) is 0 Å². The summed E-state index contributed by atoms with van der Waals surface area (Å²) >= 11 is 0. The number of carbonyl (C=O) groups excluding carboxylic acids is 2. The molecule has 0 radical (unpaired) electrons. The van der Waals surface area contributed by atoms with Crippen molar-refractivity contribution in [2.24, 2.45) is 0 Å². The maximum Gasteiger partial charge on any atom is 0.250 e. The molecule has 2 heterocycles. The van der Waals surface area contributed by atoms with Gasteiger partial charge in [0.2, 0.25) is 0 Å². The molecular weight excluding hydrogens is 326 g/mol. The number of aldehydes is 1. The topological polar surface area (TPSA) is 52.7 Å². The molecule has 2 aromatic rings. The molecule has 2 aromatic carbocycles. The standard InChI is InChI=1S/C21H23N3O2/c25-15-19(17-7-3-1-4-8-17)23-16-24(18-9-5-2-6-10-18)21(20(23)26)11-13-22-14-12-21/h1-10,15,19,22H,11-14,16H2. The van der Waals surface area contributed by atoms with E-state index in [0.29, 0.717) is 6.67 Å². The normalized spacial score (nSPS) is 20.4. The highest BCUT2D eigenvalue weighted by atomic mass is 16.2. The van der Waals surface area contributed by atoms with Gasteiger partial charge in [0, 0.05) is 5.69 Å². The smallest absolute Gasteiger partial charge is 0.250 e. The quantitative estimate of drug-likeness (QED) is 0.861. The van der Waals surface area contributed by atoms with Gasteiger partial charge in [-0.25, -0.2) is 0 Å². The first kappa shape index (κ1) is 16.8. The molecule has 1 spiro atoms. The zero-order valence-corrected chi connectivity index (χ0v) is 14.7. The lowest BCUT2D eigenvalue weighted by Gasteiger charge is -2.40. The summed E-state index contributed by atoms with van der Waals surface area (Å²) in [5.41, 5.74) is 1.32. The molecule has 2 aliphatic heterocycles. The minimum absolute atomic E-state index is 0.0591. The first-order chi connectivity index (χ1) is 12.8. The van der Waals surface area contributed by atoms with Crippen LogP contribution in [0, 0.1) is 0 Å². The molecule has 2 aliphatic rings. The van der Waals surface area contributed by atoms with Gasteiger partial charge in [-0.05, 0) is 43.6 Å². The van der Waals surface area contributed by atoms with Crippen LogP contribution in [0.3, 0.4) is 0 Å². The Morgan fingerprint density at radius 3 is 2.19 bits per heavy atom. The molecule has 5 heteroatoms. The average Bonchev–Trinajstić information content (AvgIpc) is 2.97. The van der Waals surface area contributed by atoms with Crippen molar-refractivity contribution in [1.82, 2.24) is 10.2 Å². The second-order valence-corrected chi connectivity index (χ2v) is 6.95. The lowest BCUT2D eigenvalue weighted by molar-refractivity contribution is -0.137. The first-order valence-corrected chi connectivity index (χ1v) is 9.11. The Morgan fingerprint density at radius 2 is 1.58 bits per heavy atom. The van der Waals surface area contributed by atoms with E-state index in [0.717, 1.165) is 43.5 Å². The summed E-state index contributed by atoms with van der Waals surface area (Å²) in [5, 5.41) is 3.35. The summed E-state index contributed by atoms with van der Waals surface area (Å²) in [6, 6.07) is 19.0. The first-order valence-electron chi connectivity index (χ1n) is 9.11. The third kappa shape index (κ3) is 2.69. The van der Waals surface area contributed by atoms with Gasteiger partial charge in [0.05, 0.1) is 6.67 Å². The Bertz CT molecular complexity index is 772. The summed E-state index contributed by atoms with van der Waals surface area (Å²) in [7, 11) is 0. The highest BCUT2D eigenvalue weighted by Gasteiger charge is 2.54. The molecule has 0 saturated carbocycles. The Balaban J connectivity index is 1.74. The summed E-state index contributed by atoms with van der Waals surface area (Å²) in [6.07, 6.45) is 2.38. The van der Waals surface area contributed by atoms with E-state index in [4.69, 9.17) is 0 Å². The Labute approximate surface area is 153 Å². The van der Waals surface area contributed by atoms with Crippen molar-refractivity contribution in [2.75, 3.05) is 24.7 Å². The molecule has 4 rings (SSSR count). The van der Waals surface area contributed by atoms with Crippen molar-refractivity contribution in [3.63, 3.8) is 0 Å². The van der Waals surface area contributed by atoms with Crippen LogP contribution in [-0.2, 0) is 9.59 Å². The van der Waals surface area contributed by atoms with Crippen molar-refractivity contribution < 1.29 is 9.59 Å². The number of hydrogen-bond acceptors (Lipinski definition) is 4. The molecule has 2 fully saturated rings. The summed E-state index contributed by atoms with van der Waals surface area (Å²) in [6.45, 7) is 2.04. The number of nitrogens with zero attached hydrogens (tertiary/aromatic N) is 2. The fraction of sp³-hybridized carbons (Fsp3) is 0.333. The zero-order valence-electron chi connectivity index (χ0n) is 14.7. The number of amides is 1. The second kappa shape index (κ2) is 6.92. The fourth-order valence-electron chi connectivity index (χ4n) is 4.19. The van der Waals surface area contributed by atoms with Crippen molar-refractivity contribution in [3.05, 3.63) is 66.2 Å². The number of hydrogen-bond donors (Lipinski definition) is 1. The monoisotopic (exact) mass is 349 g/mol. The van der Waals surface area contributed by atoms with Crippen molar-refractivity contribution in [3.8, 4) is 0 Å². The highest BCUT2D eigenvalue weighted by molar-refractivity contribution is 5.95. The number of carbonyl (C=O) groups is 2. The number of para-hydroxylation sites is 1. The molecule has 26 heavy (non-hydrogen) atoms. The molecule has 134 valence electrons. The molecule has 0 aromatic heterocycles. The molecule has 1 N–H and O–H groups in total. The minimum atomic E-state index is -0.567. The number of nitrogens with one attached hydrogen (secondary N) is 1. The van der Waals surface area contributed by atoms with Crippen LogP contribution in [0.15, 0.2) is 60.7 Å². The fourth-order valence-corrected chi connectivity index (χ4v) is 4.19. The van der Waals surface area contributed by atoms with Crippen LogP contribution >= 0.6 is 0 Å². The lowest BCUT2D eigenvalue weighted by Crippen LogP contribution is -2.55. The number of rotatable bonds is 4. The molecule has 1 amide bonds. The van der Waals surface area contributed by atoms with Gasteiger partial charge in [-0.3, -0.25) is 4.79 Å². The van der Waals surface area contributed by atoms with E-state index in [2.05, 4.69) is 10.2 Å². The minimum Gasteiger partial charge on any atom is -0.339 e.